The predicted octanol–water partition coefficient (Wildman–Crippen LogP) is 1.96. The Morgan fingerprint density at radius 2 is 2.13 bits per heavy atom. The van der Waals surface area contributed by atoms with Crippen LogP contribution in [0.1, 0.15) is 24.2 Å². The first-order valence-electron chi connectivity index (χ1n) is 7.83. The lowest BCUT2D eigenvalue weighted by molar-refractivity contribution is 0.633. The van der Waals surface area contributed by atoms with E-state index in [2.05, 4.69) is 43.8 Å². The summed E-state index contributed by atoms with van der Waals surface area (Å²) in [6.45, 7) is 2.65. The van der Waals surface area contributed by atoms with Gasteiger partial charge in [-0.05, 0) is 31.4 Å². The van der Waals surface area contributed by atoms with Crippen LogP contribution in [-0.2, 0) is 6.54 Å². The summed E-state index contributed by atoms with van der Waals surface area (Å²) in [4.78, 5) is 13.0. The molecule has 6 heteroatoms. The van der Waals surface area contributed by atoms with Crippen LogP contribution < -0.4 is 10.6 Å². The van der Waals surface area contributed by atoms with E-state index < -0.39 is 0 Å². The van der Waals surface area contributed by atoms with Gasteiger partial charge in [0, 0.05) is 38.2 Å². The van der Waals surface area contributed by atoms with Crippen molar-refractivity contribution in [2.45, 2.75) is 32.4 Å². The van der Waals surface area contributed by atoms with Gasteiger partial charge in [0.05, 0.1) is 0 Å². The molecule has 0 unspecified atom stereocenters. The molecule has 0 atom stereocenters. The van der Waals surface area contributed by atoms with Crippen molar-refractivity contribution in [2.75, 3.05) is 7.05 Å². The quantitative estimate of drug-likeness (QED) is 0.515. The molecule has 0 fully saturated rings. The van der Waals surface area contributed by atoms with Crippen LogP contribution in [0.25, 0.3) is 5.82 Å². The zero-order valence-electron chi connectivity index (χ0n) is 13.5. The molecule has 1 aliphatic carbocycles. The van der Waals surface area contributed by atoms with E-state index >= 15 is 0 Å². The van der Waals surface area contributed by atoms with Gasteiger partial charge in [-0.3, -0.25) is 9.56 Å². The summed E-state index contributed by atoms with van der Waals surface area (Å²) in [5, 5.41) is 6.75. The van der Waals surface area contributed by atoms with Crippen molar-refractivity contribution in [3.63, 3.8) is 0 Å². The molecule has 6 nitrogen and oxygen atoms in total. The summed E-state index contributed by atoms with van der Waals surface area (Å²) in [6.07, 6.45) is 12.1. The number of guanidine groups is 1. The number of hydrogen-bond donors (Lipinski definition) is 2. The average Bonchev–Trinajstić information content (AvgIpc) is 3.23. The van der Waals surface area contributed by atoms with Gasteiger partial charge in [-0.25, -0.2) is 9.97 Å². The second-order valence-corrected chi connectivity index (χ2v) is 5.58. The zero-order chi connectivity index (χ0) is 16.1. The van der Waals surface area contributed by atoms with Gasteiger partial charge in [-0.1, -0.05) is 18.2 Å². The first kappa shape index (κ1) is 15.3. The summed E-state index contributed by atoms with van der Waals surface area (Å²) < 4.78 is 1.96. The Balaban J connectivity index is 1.56. The van der Waals surface area contributed by atoms with Crippen molar-refractivity contribution >= 4 is 5.96 Å². The molecule has 2 aromatic heterocycles. The van der Waals surface area contributed by atoms with Gasteiger partial charge in [-0.15, -0.1) is 0 Å². The first-order valence-corrected chi connectivity index (χ1v) is 7.83. The summed E-state index contributed by atoms with van der Waals surface area (Å²) in [5.74, 6) is 2.63. The fourth-order valence-electron chi connectivity index (χ4n) is 2.59. The minimum Gasteiger partial charge on any atom is -0.353 e. The Hall–Kier alpha value is -2.63. The molecule has 0 bridgehead atoms. The third-order valence-corrected chi connectivity index (χ3v) is 3.91. The SMILES string of the molecule is CN=C(NCc1ccc(-n2ccnc2C)nc1)NC1CC=CC1. The maximum atomic E-state index is 4.50. The lowest BCUT2D eigenvalue weighted by Crippen LogP contribution is -2.42. The van der Waals surface area contributed by atoms with Crippen LogP contribution in [0.3, 0.4) is 0 Å². The number of nitrogens with zero attached hydrogens (tertiary/aromatic N) is 4. The van der Waals surface area contributed by atoms with Gasteiger partial charge in [0.1, 0.15) is 11.6 Å². The Morgan fingerprint density at radius 3 is 2.74 bits per heavy atom. The average molecular weight is 310 g/mol. The number of pyridine rings is 1. The minimum atomic E-state index is 0.450. The van der Waals surface area contributed by atoms with Crippen molar-refractivity contribution in [1.82, 2.24) is 25.2 Å². The van der Waals surface area contributed by atoms with Gasteiger partial charge in [-0.2, -0.15) is 0 Å². The third kappa shape index (κ3) is 3.77. The van der Waals surface area contributed by atoms with Crippen LogP contribution in [0.15, 0.2) is 47.9 Å². The van der Waals surface area contributed by atoms with E-state index in [1.807, 2.05) is 30.0 Å². The van der Waals surface area contributed by atoms with Crippen LogP contribution >= 0.6 is 0 Å². The molecular weight excluding hydrogens is 288 g/mol. The van der Waals surface area contributed by atoms with Crippen LogP contribution in [0, 0.1) is 6.92 Å². The van der Waals surface area contributed by atoms with Crippen molar-refractivity contribution in [1.29, 1.82) is 0 Å². The van der Waals surface area contributed by atoms with E-state index in [-0.39, 0.29) is 0 Å². The summed E-state index contributed by atoms with van der Waals surface area (Å²) in [6, 6.07) is 4.52. The van der Waals surface area contributed by atoms with E-state index in [0.717, 1.165) is 36.0 Å². The van der Waals surface area contributed by atoms with E-state index in [1.165, 1.54) is 0 Å². The fraction of sp³-hybridized carbons (Fsp3) is 0.353. The molecule has 0 aliphatic heterocycles. The molecule has 2 aromatic rings. The number of aliphatic imine (C=N–C) groups is 1. The largest absolute Gasteiger partial charge is 0.353 e. The van der Waals surface area contributed by atoms with E-state index in [9.17, 15) is 0 Å². The Bertz CT molecular complexity index is 690. The molecule has 2 heterocycles. The zero-order valence-corrected chi connectivity index (χ0v) is 13.5. The highest BCUT2D eigenvalue weighted by Crippen LogP contribution is 2.10. The van der Waals surface area contributed by atoms with Crippen LogP contribution in [0.4, 0.5) is 0 Å². The number of rotatable bonds is 4. The molecule has 1 aliphatic rings. The van der Waals surface area contributed by atoms with Crippen LogP contribution in [0.5, 0.6) is 0 Å². The lowest BCUT2D eigenvalue weighted by Gasteiger charge is -2.17. The highest BCUT2D eigenvalue weighted by molar-refractivity contribution is 5.80. The third-order valence-electron chi connectivity index (χ3n) is 3.91. The van der Waals surface area contributed by atoms with E-state index in [4.69, 9.17) is 0 Å². The fourth-order valence-corrected chi connectivity index (χ4v) is 2.59. The highest BCUT2D eigenvalue weighted by atomic mass is 15.2. The smallest absolute Gasteiger partial charge is 0.191 e. The second kappa shape index (κ2) is 7.09. The van der Waals surface area contributed by atoms with E-state index in [1.54, 1.807) is 13.2 Å². The molecule has 0 saturated carbocycles. The van der Waals surface area contributed by atoms with Gasteiger partial charge < -0.3 is 10.6 Å². The monoisotopic (exact) mass is 310 g/mol. The molecule has 0 amide bonds. The number of aryl methyl sites for hydroxylation is 1. The Morgan fingerprint density at radius 1 is 1.30 bits per heavy atom. The standard InChI is InChI=1S/C17H22N6/c1-13-19-9-10-23(13)16-8-7-14(11-20-16)12-21-17(18-2)22-15-5-3-4-6-15/h3-4,7-11,15H,5-6,12H2,1-2H3,(H2,18,21,22). The van der Waals surface area contributed by atoms with Crippen LogP contribution in [-0.4, -0.2) is 33.6 Å². The number of hydrogen-bond acceptors (Lipinski definition) is 3. The second-order valence-electron chi connectivity index (χ2n) is 5.58. The predicted molar refractivity (Wildman–Crippen MR) is 91.6 cm³/mol. The number of aromatic nitrogens is 3. The number of nitrogens with one attached hydrogen (secondary N) is 2. The maximum Gasteiger partial charge on any atom is 0.191 e. The molecule has 0 aromatic carbocycles. The lowest BCUT2D eigenvalue weighted by atomic mass is 10.2. The van der Waals surface area contributed by atoms with Crippen molar-refractivity contribution in [2.24, 2.45) is 4.99 Å². The molecule has 23 heavy (non-hydrogen) atoms. The molecule has 0 saturated heterocycles. The van der Waals surface area contributed by atoms with Crippen molar-refractivity contribution in [3.8, 4) is 5.82 Å². The van der Waals surface area contributed by atoms with Gasteiger partial charge in [0.15, 0.2) is 5.96 Å². The number of imidazole rings is 1. The van der Waals surface area contributed by atoms with Gasteiger partial charge in [0.2, 0.25) is 0 Å². The molecular formula is C17H22N6. The molecule has 120 valence electrons. The first-order chi connectivity index (χ1) is 11.3. The molecule has 2 N–H and O–H groups in total. The normalized spacial score (nSPS) is 15.1. The molecule has 3 rings (SSSR count). The van der Waals surface area contributed by atoms with E-state index in [0.29, 0.717) is 12.6 Å². The molecule has 0 spiro atoms. The topological polar surface area (TPSA) is 67.1 Å². The van der Waals surface area contributed by atoms with Gasteiger partial charge in [0.25, 0.3) is 0 Å². The summed E-state index contributed by atoms with van der Waals surface area (Å²) >= 11 is 0. The highest BCUT2D eigenvalue weighted by Gasteiger charge is 2.11. The van der Waals surface area contributed by atoms with Crippen LogP contribution in [0.2, 0.25) is 0 Å². The van der Waals surface area contributed by atoms with Gasteiger partial charge >= 0.3 is 0 Å². The minimum absolute atomic E-state index is 0.450. The Kier molecular flexibility index (Phi) is 4.71. The Labute approximate surface area is 136 Å². The van der Waals surface area contributed by atoms with Crippen molar-refractivity contribution in [3.05, 3.63) is 54.3 Å². The molecule has 0 radical (unpaired) electrons. The van der Waals surface area contributed by atoms with Crippen molar-refractivity contribution < 1.29 is 0 Å². The maximum absolute atomic E-state index is 4.50. The summed E-state index contributed by atoms with van der Waals surface area (Å²) in [7, 11) is 1.79. The summed E-state index contributed by atoms with van der Waals surface area (Å²) in [5.41, 5.74) is 1.11.